The van der Waals surface area contributed by atoms with Crippen molar-refractivity contribution in [3.63, 3.8) is 0 Å². The quantitative estimate of drug-likeness (QED) is 0.475. The molecule has 11 heavy (non-hydrogen) atoms. The van der Waals surface area contributed by atoms with Gasteiger partial charge in [-0.1, -0.05) is 12.2 Å². The van der Waals surface area contributed by atoms with Crippen molar-refractivity contribution >= 4 is 0 Å². The topological polar surface area (TPSA) is 3.24 Å². The van der Waals surface area contributed by atoms with Gasteiger partial charge in [-0.2, -0.15) is 0 Å². The second-order valence-electron chi connectivity index (χ2n) is 4.17. The van der Waals surface area contributed by atoms with Crippen molar-refractivity contribution in [2.75, 3.05) is 6.54 Å². The van der Waals surface area contributed by atoms with Crippen molar-refractivity contribution in [1.82, 2.24) is 4.90 Å². The summed E-state index contributed by atoms with van der Waals surface area (Å²) in [5.74, 6) is 1.05. The zero-order valence-corrected chi connectivity index (χ0v) is 6.87. The number of piperidine rings is 1. The van der Waals surface area contributed by atoms with E-state index in [4.69, 9.17) is 0 Å². The Bertz CT molecular complexity index is 197. The van der Waals surface area contributed by atoms with Crippen LogP contribution in [-0.4, -0.2) is 23.5 Å². The second kappa shape index (κ2) is 2.10. The van der Waals surface area contributed by atoms with Gasteiger partial charge >= 0.3 is 0 Å². The highest BCUT2D eigenvalue weighted by Crippen LogP contribution is 2.41. The van der Waals surface area contributed by atoms with Gasteiger partial charge in [0.25, 0.3) is 0 Å². The Hall–Kier alpha value is -0.300. The minimum Gasteiger partial charge on any atom is -0.293 e. The van der Waals surface area contributed by atoms with E-state index in [-0.39, 0.29) is 0 Å². The molecule has 1 nitrogen and oxygen atoms in total. The van der Waals surface area contributed by atoms with Gasteiger partial charge in [0, 0.05) is 12.1 Å². The zero-order chi connectivity index (χ0) is 7.26. The Kier molecular flexibility index (Phi) is 1.19. The van der Waals surface area contributed by atoms with E-state index in [0.717, 1.165) is 18.0 Å². The van der Waals surface area contributed by atoms with Crippen LogP contribution in [0.25, 0.3) is 0 Å². The summed E-state index contributed by atoms with van der Waals surface area (Å²) >= 11 is 0. The minimum atomic E-state index is 0.834. The van der Waals surface area contributed by atoms with Gasteiger partial charge in [-0.25, -0.2) is 0 Å². The fourth-order valence-electron chi connectivity index (χ4n) is 3.19. The molecule has 0 aliphatic carbocycles. The van der Waals surface area contributed by atoms with Crippen LogP contribution in [0.15, 0.2) is 12.2 Å². The molecule has 0 aromatic carbocycles. The van der Waals surface area contributed by atoms with Crippen LogP contribution >= 0.6 is 0 Å². The molecule has 0 N–H and O–H groups in total. The van der Waals surface area contributed by atoms with Crippen LogP contribution in [0.1, 0.15) is 25.7 Å². The molecule has 4 atom stereocenters. The third-order valence-corrected chi connectivity index (χ3v) is 3.67. The molecular formula is C10H15N. The van der Waals surface area contributed by atoms with Crippen LogP contribution in [0.3, 0.4) is 0 Å². The van der Waals surface area contributed by atoms with Crippen molar-refractivity contribution in [3.8, 4) is 0 Å². The molecule has 0 aromatic heterocycles. The summed E-state index contributed by atoms with van der Waals surface area (Å²) < 4.78 is 0. The number of hydrogen-bond donors (Lipinski definition) is 0. The van der Waals surface area contributed by atoms with Gasteiger partial charge < -0.3 is 0 Å². The first-order valence-electron chi connectivity index (χ1n) is 4.87. The van der Waals surface area contributed by atoms with Gasteiger partial charge in [0.1, 0.15) is 0 Å². The summed E-state index contributed by atoms with van der Waals surface area (Å²) in [6.45, 7) is 1.37. The van der Waals surface area contributed by atoms with E-state index in [1.54, 1.807) is 0 Å². The van der Waals surface area contributed by atoms with E-state index >= 15 is 0 Å². The van der Waals surface area contributed by atoms with E-state index in [1.165, 1.54) is 32.2 Å². The summed E-state index contributed by atoms with van der Waals surface area (Å²) in [7, 11) is 0. The Morgan fingerprint density at radius 2 is 2.36 bits per heavy atom. The highest BCUT2D eigenvalue weighted by Gasteiger charge is 2.43. The SMILES string of the molecule is C1=C[C@@H]2C[C@@H]3CCCN2[C@@H]3C1. The van der Waals surface area contributed by atoms with E-state index in [2.05, 4.69) is 17.1 Å². The molecule has 2 saturated heterocycles. The third kappa shape index (κ3) is 0.750. The summed E-state index contributed by atoms with van der Waals surface area (Å²) in [5, 5.41) is 0. The van der Waals surface area contributed by atoms with E-state index in [0.29, 0.717) is 0 Å². The summed E-state index contributed by atoms with van der Waals surface area (Å²) in [6.07, 6.45) is 10.6. The van der Waals surface area contributed by atoms with Crippen LogP contribution in [0.2, 0.25) is 0 Å². The molecule has 0 saturated carbocycles. The lowest BCUT2D eigenvalue weighted by Crippen LogP contribution is -2.42. The maximum absolute atomic E-state index is 2.73. The second-order valence-corrected chi connectivity index (χ2v) is 4.17. The molecule has 2 fully saturated rings. The Balaban J connectivity index is 1.97. The molecule has 3 rings (SSSR count). The molecular weight excluding hydrogens is 134 g/mol. The Morgan fingerprint density at radius 3 is 3.27 bits per heavy atom. The van der Waals surface area contributed by atoms with Crippen LogP contribution in [0, 0.1) is 5.92 Å². The maximum Gasteiger partial charge on any atom is 0.0284 e. The fourth-order valence-corrected chi connectivity index (χ4v) is 3.19. The first kappa shape index (κ1) is 6.24. The molecule has 0 amide bonds. The van der Waals surface area contributed by atoms with Crippen molar-refractivity contribution in [1.29, 1.82) is 0 Å². The predicted molar refractivity (Wildman–Crippen MR) is 45.4 cm³/mol. The lowest BCUT2D eigenvalue weighted by Gasteiger charge is -2.36. The van der Waals surface area contributed by atoms with Crippen molar-refractivity contribution in [2.24, 2.45) is 5.92 Å². The monoisotopic (exact) mass is 149 g/mol. The largest absolute Gasteiger partial charge is 0.293 e. The molecule has 0 radical (unpaired) electrons. The van der Waals surface area contributed by atoms with Crippen LogP contribution in [-0.2, 0) is 0 Å². The first-order valence-corrected chi connectivity index (χ1v) is 4.87. The maximum atomic E-state index is 2.73. The number of hydrogen-bond acceptors (Lipinski definition) is 1. The minimum absolute atomic E-state index is 0.834. The number of rotatable bonds is 0. The lowest BCUT2D eigenvalue weighted by atomic mass is 9.91. The average molecular weight is 149 g/mol. The summed E-state index contributed by atoms with van der Waals surface area (Å²) in [6, 6.07) is 1.78. The molecule has 4 bridgehead atoms. The van der Waals surface area contributed by atoms with Crippen LogP contribution in [0.5, 0.6) is 0 Å². The first-order chi connectivity index (χ1) is 5.45. The average Bonchev–Trinajstić information content (AvgIpc) is 2.31. The van der Waals surface area contributed by atoms with Crippen molar-refractivity contribution < 1.29 is 0 Å². The third-order valence-electron chi connectivity index (χ3n) is 3.67. The molecule has 0 aromatic rings. The normalized spacial score (nSPS) is 53.1. The van der Waals surface area contributed by atoms with Gasteiger partial charge in [0.15, 0.2) is 0 Å². The molecule has 1 heteroatoms. The Morgan fingerprint density at radius 1 is 1.36 bits per heavy atom. The van der Waals surface area contributed by atoms with Crippen molar-refractivity contribution in [3.05, 3.63) is 12.2 Å². The molecule has 3 aliphatic heterocycles. The van der Waals surface area contributed by atoms with Gasteiger partial charge in [-0.3, -0.25) is 4.90 Å². The van der Waals surface area contributed by atoms with E-state index in [9.17, 15) is 0 Å². The van der Waals surface area contributed by atoms with Gasteiger partial charge in [0.05, 0.1) is 0 Å². The lowest BCUT2D eigenvalue weighted by molar-refractivity contribution is 0.151. The standard InChI is InChI=1S/C10H15N/c1-4-9-7-8-3-2-6-11(9)10(8)5-1/h1,4,8-10H,2-3,5-7H2/t8-,9+,10+/m0/s1. The Labute approximate surface area is 68.1 Å². The van der Waals surface area contributed by atoms with Crippen LogP contribution < -0.4 is 0 Å². The fraction of sp³-hybridized carbons (Fsp3) is 0.800. The molecule has 3 heterocycles. The number of nitrogens with zero attached hydrogens (tertiary/aromatic N) is 1. The predicted octanol–water partition coefficient (Wildman–Crippen LogP) is 1.80. The smallest absolute Gasteiger partial charge is 0.0284 e. The van der Waals surface area contributed by atoms with E-state index < -0.39 is 0 Å². The van der Waals surface area contributed by atoms with Gasteiger partial charge in [0.2, 0.25) is 0 Å². The van der Waals surface area contributed by atoms with Crippen molar-refractivity contribution in [2.45, 2.75) is 37.8 Å². The van der Waals surface area contributed by atoms with Crippen LogP contribution in [0.4, 0.5) is 0 Å². The molecule has 3 aliphatic rings. The van der Waals surface area contributed by atoms with Gasteiger partial charge in [-0.05, 0) is 38.1 Å². The highest BCUT2D eigenvalue weighted by molar-refractivity contribution is 5.12. The zero-order valence-electron chi connectivity index (χ0n) is 6.87. The summed E-state index contributed by atoms with van der Waals surface area (Å²) in [4.78, 5) is 2.73. The molecule has 0 spiro atoms. The molecule has 60 valence electrons. The molecule has 1 unspecified atom stereocenters. The van der Waals surface area contributed by atoms with E-state index in [1.807, 2.05) is 0 Å². The van der Waals surface area contributed by atoms with Gasteiger partial charge in [-0.15, -0.1) is 0 Å². The highest BCUT2D eigenvalue weighted by atomic mass is 15.2. The summed E-state index contributed by atoms with van der Waals surface area (Å²) in [5.41, 5.74) is 0.